The summed E-state index contributed by atoms with van der Waals surface area (Å²) in [6.45, 7) is 2.33. The van der Waals surface area contributed by atoms with Crippen molar-refractivity contribution in [3.8, 4) is 11.5 Å². The fourth-order valence-electron chi connectivity index (χ4n) is 4.57. The summed E-state index contributed by atoms with van der Waals surface area (Å²) in [5, 5.41) is 9.12. The van der Waals surface area contributed by atoms with Crippen molar-refractivity contribution in [2.75, 3.05) is 36.5 Å². The normalized spacial score (nSPS) is 19.5. The molecule has 31 heavy (non-hydrogen) atoms. The lowest BCUT2D eigenvalue weighted by atomic mass is 10.1. The first-order chi connectivity index (χ1) is 15.0. The van der Waals surface area contributed by atoms with Crippen LogP contribution < -0.4 is 19.3 Å². The molecular formula is C24H29FN2O4. The van der Waals surface area contributed by atoms with Crippen molar-refractivity contribution < 1.29 is 23.8 Å². The average Bonchev–Trinajstić information content (AvgIpc) is 3.23. The maximum absolute atomic E-state index is 14.2. The van der Waals surface area contributed by atoms with Gasteiger partial charge in [-0.3, -0.25) is 4.79 Å². The minimum atomic E-state index is -0.753. The van der Waals surface area contributed by atoms with Crippen LogP contribution in [0.25, 0.3) is 0 Å². The highest BCUT2D eigenvalue weighted by Crippen LogP contribution is 2.31. The topological polar surface area (TPSA) is 62.2 Å². The van der Waals surface area contributed by atoms with Crippen molar-refractivity contribution in [1.29, 1.82) is 0 Å². The third kappa shape index (κ3) is 5.03. The van der Waals surface area contributed by atoms with Crippen LogP contribution in [-0.2, 0) is 4.79 Å². The van der Waals surface area contributed by atoms with E-state index in [1.165, 1.54) is 6.07 Å². The number of hydrogen-bond donors (Lipinski definition) is 1. The molecule has 2 heterocycles. The van der Waals surface area contributed by atoms with Crippen molar-refractivity contribution in [3.63, 3.8) is 0 Å². The second-order valence-electron chi connectivity index (χ2n) is 8.20. The number of nitrogens with zero attached hydrogens (tertiary/aromatic N) is 2. The van der Waals surface area contributed by atoms with E-state index in [-0.39, 0.29) is 24.4 Å². The Labute approximate surface area is 182 Å². The van der Waals surface area contributed by atoms with E-state index in [1.807, 2.05) is 29.2 Å². The van der Waals surface area contributed by atoms with Gasteiger partial charge in [0.2, 0.25) is 0 Å². The van der Waals surface area contributed by atoms with Crippen LogP contribution in [-0.4, -0.2) is 50.0 Å². The Morgan fingerprint density at radius 1 is 1.06 bits per heavy atom. The molecule has 7 heteroatoms. The SMILES string of the molecule is COc1ccc(F)c(N2CCC(Oc3ccc(N4CCCC4CC(=O)O)cc3)CC2)c1. The van der Waals surface area contributed by atoms with E-state index < -0.39 is 5.97 Å². The van der Waals surface area contributed by atoms with Crippen molar-refractivity contribution in [3.05, 3.63) is 48.3 Å². The first-order valence-electron chi connectivity index (χ1n) is 10.9. The predicted molar refractivity (Wildman–Crippen MR) is 118 cm³/mol. The smallest absolute Gasteiger partial charge is 0.305 e. The van der Waals surface area contributed by atoms with Gasteiger partial charge in [0.25, 0.3) is 0 Å². The van der Waals surface area contributed by atoms with E-state index in [2.05, 4.69) is 4.90 Å². The molecule has 2 aromatic carbocycles. The molecule has 166 valence electrons. The van der Waals surface area contributed by atoms with Gasteiger partial charge in [-0.15, -0.1) is 0 Å². The molecule has 2 saturated heterocycles. The molecule has 1 N–H and O–H groups in total. The molecule has 0 spiro atoms. The number of carboxylic acid groups (broad SMARTS) is 1. The van der Waals surface area contributed by atoms with E-state index in [4.69, 9.17) is 14.6 Å². The highest BCUT2D eigenvalue weighted by molar-refractivity contribution is 5.69. The zero-order chi connectivity index (χ0) is 21.8. The Kier molecular flexibility index (Phi) is 6.49. The zero-order valence-electron chi connectivity index (χ0n) is 17.8. The number of carboxylic acids is 1. The number of hydrogen-bond acceptors (Lipinski definition) is 5. The van der Waals surface area contributed by atoms with Crippen molar-refractivity contribution in [2.45, 2.75) is 44.2 Å². The Morgan fingerprint density at radius 2 is 1.77 bits per heavy atom. The summed E-state index contributed by atoms with van der Waals surface area (Å²) in [5.74, 6) is 0.470. The lowest BCUT2D eigenvalue weighted by molar-refractivity contribution is -0.137. The maximum atomic E-state index is 14.2. The maximum Gasteiger partial charge on any atom is 0.305 e. The van der Waals surface area contributed by atoms with E-state index in [9.17, 15) is 9.18 Å². The van der Waals surface area contributed by atoms with E-state index >= 15 is 0 Å². The summed E-state index contributed by atoms with van der Waals surface area (Å²) in [4.78, 5) is 15.3. The zero-order valence-corrected chi connectivity index (χ0v) is 17.8. The number of aliphatic carboxylic acids is 1. The third-order valence-electron chi connectivity index (χ3n) is 6.19. The molecule has 2 aromatic rings. The molecule has 0 amide bonds. The fraction of sp³-hybridized carbons (Fsp3) is 0.458. The third-order valence-corrected chi connectivity index (χ3v) is 6.19. The summed E-state index contributed by atoms with van der Waals surface area (Å²) in [7, 11) is 1.58. The van der Waals surface area contributed by atoms with Crippen LogP contribution in [0.15, 0.2) is 42.5 Å². The van der Waals surface area contributed by atoms with Gasteiger partial charge in [0.1, 0.15) is 23.4 Å². The standard InChI is InChI=1S/C24H29FN2O4/c1-30-21-8-9-22(25)23(16-21)26-13-10-20(11-14-26)31-19-6-4-17(5-7-19)27-12-2-3-18(27)15-24(28)29/h4-9,16,18,20H,2-3,10-15H2,1H3,(H,28,29). The van der Waals surface area contributed by atoms with Crippen LogP contribution in [0.5, 0.6) is 11.5 Å². The van der Waals surface area contributed by atoms with Gasteiger partial charge in [0.05, 0.1) is 19.2 Å². The van der Waals surface area contributed by atoms with Crippen LogP contribution in [0.4, 0.5) is 15.8 Å². The molecule has 0 aromatic heterocycles. The first kappa shape index (κ1) is 21.3. The van der Waals surface area contributed by atoms with Gasteiger partial charge in [-0.1, -0.05) is 0 Å². The van der Waals surface area contributed by atoms with E-state index in [0.717, 1.165) is 56.8 Å². The quantitative estimate of drug-likeness (QED) is 0.709. The summed E-state index contributed by atoms with van der Waals surface area (Å²) in [5.41, 5.74) is 1.61. The molecule has 1 unspecified atom stereocenters. The molecule has 2 aliphatic rings. The second kappa shape index (κ2) is 9.45. The van der Waals surface area contributed by atoms with E-state index in [1.54, 1.807) is 19.2 Å². The molecule has 4 rings (SSSR count). The molecule has 2 fully saturated rings. The number of piperidine rings is 1. The van der Waals surface area contributed by atoms with Crippen LogP contribution in [0, 0.1) is 5.82 Å². The van der Waals surface area contributed by atoms with Crippen LogP contribution >= 0.6 is 0 Å². The minimum Gasteiger partial charge on any atom is -0.497 e. The average molecular weight is 429 g/mol. The van der Waals surface area contributed by atoms with Gasteiger partial charge in [0.15, 0.2) is 0 Å². The first-order valence-corrected chi connectivity index (χ1v) is 10.9. The lowest BCUT2D eigenvalue weighted by Gasteiger charge is -2.34. The molecule has 0 radical (unpaired) electrons. The Morgan fingerprint density at radius 3 is 2.45 bits per heavy atom. The molecule has 2 aliphatic heterocycles. The largest absolute Gasteiger partial charge is 0.497 e. The molecule has 0 bridgehead atoms. The van der Waals surface area contributed by atoms with Gasteiger partial charge in [0, 0.05) is 50.3 Å². The number of ether oxygens (including phenoxy) is 2. The summed E-state index contributed by atoms with van der Waals surface area (Å²) in [6, 6.07) is 12.8. The minimum absolute atomic E-state index is 0.0607. The van der Waals surface area contributed by atoms with Gasteiger partial charge >= 0.3 is 5.97 Å². The number of rotatable bonds is 7. The Bertz CT molecular complexity index is 897. The van der Waals surface area contributed by atoms with Crippen LogP contribution in [0.2, 0.25) is 0 Å². The monoisotopic (exact) mass is 428 g/mol. The number of halogens is 1. The van der Waals surface area contributed by atoms with Gasteiger partial charge in [-0.25, -0.2) is 4.39 Å². The van der Waals surface area contributed by atoms with E-state index in [0.29, 0.717) is 11.4 Å². The van der Waals surface area contributed by atoms with Crippen LogP contribution in [0.3, 0.4) is 0 Å². The van der Waals surface area contributed by atoms with Crippen molar-refractivity contribution in [2.24, 2.45) is 0 Å². The second-order valence-corrected chi connectivity index (χ2v) is 8.20. The number of benzene rings is 2. The number of anilines is 2. The molecule has 0 aliphatic carbocycles. The predicted octanol–water partition coefficient (Wildman–Crippen LogP) is 4.33. The summed E-state index contributed by atoms with van der Waals surface area (Å²) < 4.78 is 25.6. The Hall–Kier alpha value is -2.96. The number of carbonyl (C=O) groups is 1. The Balaban J connectivity index is 1.32. The summed E-state index contributed by atoms with van der Waals surface area (Å²) in [6.07, 6.45) is 3.81. The van der Waals surface area contributed by atoms with Crippen molar-refractivity contribution >= 4 is 17.3 Å². The highest BCUT2D eigenvalue weighted by Gasteiger charge is 2.27. The lowest BCUT2D eigenvalue weighted by Crippen LogP contribution is -2.38. The van der Waals surface area contributed by atoms with Gasteiger partial charge < -0.3 is 24.4 Å². The van der Waals surface area contributed by atoms with Crippen molar-refractivity contribution in [1.82, 2.24) is 0 Å². The number of methoxy groups -OCH3 is 1. The molecule has 6 nitrogen and oxygen atoms in total. The van der Waals surface area contributed by atoms with Gasteiger partial charge in [-0.05, 0) is 49.2 Å². The molecular weight excluding hydrogens is 399 g/mol. The highest BCUT2D eigenvalue weighted by atomic mass is 19.1. The van der Waals surface area contributed by atoms with Gasteiger partial charge in [-0.2, -0.15) is 0 Å². The molecule has 1 atom stereocenters. The molecule has 0 saturated carbocycles. The summed E-state index contributed by atoms with van der Waals surface area (Å²) >= 11 is 0. The van der Waals surface area contributed by atoms with Crippen LogP contribution in [0.1, 0.15) is 32.1 Å². The fourth-order valence-corrected chi connectivity index (χ4v) is 4.57.